The van der Waals surface area contributed by atoms with E-state index < -0.39 is 21.0 Å². The number of imide groups is 1. The smallest absolute Gasteiger partial charge is 0.293 e. The fourth-order valence-corrected chi connectivity index (χ4v) is 5.04. The summed E-state index contributed by atoms with van der Waals surface area (Å²) in [5.74, 6) is -0.514. The van der Waals surface area contributed by atoms with Crippen LogP contribution in [-0.2, 0) is 17.9 Å². The first kappa shape index (κ1) is 23.9. The van der Waals surface area contributed by atoms with E-state index in [1.165, 1.54) is 30.3 Å². The van der Waals surface area contributed by atoms with Crippen molar-refractivity contribution in [2.45, 2.75) is 13.1 Å². The van der Waals surface area contributed by atoms with Gasteiger partial charge in [0, 0.05) is 53.0 Å². The topological polar surface area (TPSA) is 129 Å². The van der Waals surface area contributed by atoms with Crippen molar-refractivity contribution >= 4 is 51.3 Å². The third-order valence-electron chi connectivity index (χ3n) is 6.00. The Bertz CT molecular complexity index is 1610. The van der Waals surface area contributed by atoms with Crippen molar-refractivity contribution < 1.29 is 19.4 Å². The zero-order valence-electron chi connectivity index (χ0n) is 19.1. The van der Waals surface area contributed by atoms with Crippen molar-refractivity contribution in [3.05, 3.63) is 121 Å². The Kier molecular flexibility index (Phi) is 6.28. The highest BCUT2D eigenvalue weighted by atomic mass is 32.2. The minimum Gasteiger partial charge on any atom is -0.342 e. The van der Waals surface area contributed by atoms with Crippen molar-refractivity contribution in [1.82, 2.24) is 9.47 Å². The number of benzene rings is 3. The summed E-state index contributed by atoms with van der Waals surface area (Å²) in [6.45, 7) is 0.257. The predicted octanol–water partition coefficient (Wildman–Crippen LogP) is 5.74. The first-order valence-corrected chi connectivity index (χ1v) is 11.9. The van der Waals surface area contributed by atoms with Gasteiger partial charge in [0.25, 0.3) is 22.5 Å². The third kappa shape index (κ3) is 4.71. The summed E-state index contributed by atoms with van der Waals surface area (Å²) in [6, 6.07) is 19.9. The lowest BCUT2D eigenvalue weighted by Crippen LogP contribution is -2.27. The molecule has 3 aromatic carbocycles. The van der Waals surface area contributed by atoms with Gasteiger partial charge in [-0.2, -0.15) is 0 Å². The lowest BCUT2D eigenvalue weighted by molar-refractivity contribution is -0.385. The van der Waals surface area contributed by atoms with Crippen LogP contribution in [0.5, 0.6) is 0 Å². The molecule has 4 aromatic rings. The summed E-state index contributed by atoms with van der Waals surface area (Å²) in [5.41, 5.74) is 2.62. The van der Waals surface area contributed by atoms with Crippen LogP contribution in [0.1, 0.15) is 16.7 Å². The summed E-state index contributed by atoms with van der Waals surface area (Å²) < 4.78 is 1.97. The van der Waals surface area contributed by atoms with E-state index in [9.17, 15) is 29.8 Å². The van der Waals surface area contributed by atoms with Crippen LogP contribution >= 0.6 is 11.8 Å². The van der Waals surface area contributed by atoms with Crippen LogP contribution in [0.4, 0.5) is 16.2 Å². The maximum absolute atomic E-state index is 13.1. The molecule has 5 rings (SSSR count). The van der Waals surface area contributed by atoms with E-state index in [1.54, 1.807) is 24.3 Å². The molecule has 0 aliphatic carbocycles. The molecule has 1 aliphatic heterocycles. The molecule has 1 aromatic heterocycles. The molecule has 0 bridgehead atoms. The number of amides is 2. The van der Waals surface area contributed by atoms with Crippen LogP contribution in [0.15, 0.2) is 83.9 Å². The number of thioether (sulfide) groups is 1. The standard InChI is InChI=1S/C26H18N4O6S/c31-25-24(37-26(32)28(25)16-18-5-1-3-7-22(18)30(35)36)13-19-15-27(23-8-4-2-6-21(19)23)14-17-9-11-20(12-10-17)29(33)34/h1-13,15H,14,16H2/b24-13-. The monoisotopic (exact) mass is 514 g/mol. The zero-order valence-corrected chi connectivity index (χ0v) is 20.0. The maximum atomic E-state index is 13.1. The van der Waals surface area contributed by atoms with Crippen LogP contribution in [0, 0.1) is 20.2 Å². The number of hydrogen-bond acceptors (Lipinski definition) is 7. The van der Waals surface area contributed by atoms with Gasteiger partial charge < -0.3 is 4.57 Å². The summed E-state index contributed by atoms with van der Waals surface area (Å²) in [6.07, 6.45) is 3.51. The molecule has 0 saturated carbocycles. The first-order valence-electron chi connectivity index (χ1n) is 11.1. The molecule has 0 atom stereocenters. The minimum absolute atomic E-state index is 0.0124. The van der Waals surface area contributed by atoms with Crippen molar-refractivity contribution in [3.63, 3.8) is 0 Å². The largest absolute Gasteiger partial charge is 0.342 e. The van der Waals surface area contributed by atoms with Gasteiger partial charge in [0.05, 0.1) is 21.3 Å². The second-order valence-corrected chi connectivity index (χ2v) is 9.30. The minimum atomic E-state index is -0.538. The summed E-state index contributed by atoms with van der Waals surface area (Å²) in [7, 11) is 0. The normalized spacial score (nSPS) is 14.6. The van der Waals surface area contributed by atoms with Gasteiger partial charge >= 0.3 is 0 Å². The van der Waals surface area contributed by atoms with E-state index in [0.29, 0.717) is 6.54 Å². The SMILES string of the molecule is O=C1S/C(=C\c2cn(Cc3ccc([N+](=O)[O-])cc3)c3ccccc23)C(=O)N1Cc1ccccc1[N+](=O)[O-]. The van der Waals surface area contributed by atoms with E-state index in [0.717, 1.165) is 38.7 Å². The molecule has 10 nitrogen and oxygen atoms in total. The van der Waals surface area contributed by atoms with Gasteiger partial charge in [0.1, 0.15) is 0 Å². The van der Waals surface area contributed by atoms with Gasteiger partial charge in [-0.3, -0.25) is 34.7 Å². The average molecular weight is 515 g/mol. The summed E-state index contributed by atoms with van der Waals surface area (Å²) >= 11 is 0.792. The Morgan fingerprint density at radius 1 is 0.838 bits per heavy atom. The number of rotatable bonds is 7. The quantitative estimate of drug-likeness (QED) is 0.175. The summed E-state index contributed by atoms with van der Waals surface area (Å²) in [4.78, 5) is 48.3. The Morgan fingerprint density at radius 3 is 2.27 bits per heavy atom. The van der Waals surface area contributed by atoms with Crippen LogP contribution in [0.3, 0.4) is 0 Å². The van der Waals surface area contributed by atoms with Crippen molar-refractivity contribution in [2.24, 2.45) is 0 Å². The maximum Gasteiger partial charge on any atom is 0.293 e. The molecule has 11 heteroatoms. The molecule has 0 N–H and O–H groups in total. The Hall–Kier alpha value is -4.77. The molecule has 1 aliphatic rings. The molecule has 0 unspecified atom stereocenters. The lowest BCUT2D eigenvalue weighted by atomic mass is 10.1. The number of carbonyl (C=O) groups is 2. The van der Waals surface area contributed by atoms with E-state index in [-0.39, 0.29) is 28.4 Å². The highest BCUT2D eigenvalue weighted by Crippen LogP contribution is 2.36. The number of fused-ring (bicyclic) bond motifs is 1. The predicted molar refractivity (Wildman–Crippen MR) is 139 cm³/mol. The van der Waals surface area contributed by atoms with Crippen molar-refractivity contribution in [3.8, 4) is 0 Å². The number of nitro benzene ring substituents is 2. The molecule has 184 valence electrons. The zero-order chi connectivity index (χ0) is 26.1. The molecule has 2 amide bonds. The van der Waals surface area contributed by atoms with Crippen molar-refractivity contribution in [1.29, 1.82) is 0 Å². The molecular weight excluding hydrogens is 496 g/mol. The highest BCUT2D eigenvalue weighted by Gasteiger charge is 2.36. The number of nitrogens with zero attached hydrogens (tertiary/aromatic N) is 4. The molecule has 0 spiro atoms. The van der Waals surface area contributed by atoms with Gasteiger partial charge in [-0.05, 0) is 29.5 Å². The molecule has 0 radical (unpaired) electrons. The van der Waals surface area contributed by atoms with Gasteiger partial charge in [0.2, 0.25) is 0 Å². The third-order valence-corrected chi connectivity index (χ3v) is 6.90. The number of nitro groups is 2. The van der Waals surface area contributed by atoms with Gasteiger partial charge in [-0.1, -0.05) is 48.5 Å². The number of carbonyl (C=O) groups excluding carboxylic acids is 2. The number of aromatic nitrogens is 1. The van der Waals surface area contributed by atoms with Gasteiger partial charge in [0.15, 0.2) is 0 Å². The number of non-ortho nitro benzene ring substituents is 1. The second kappa shape index (κ2) is 9.70. The van der Waals surface area contributed by atoms with Crippen LogP contribution in [0.2, 0.25) is 0 Å². The van der Waals surface area contributed by atoms with E-state index in [1.807, 2.05) is 35.0 Å². The van der Waals surface area contributed by atoms with E-state index in [2.05, 4.69) is 0 Å². The van der Waals surface area contributed by atoms with Crippen LogP contribution < -0.4 is 0 Å². The molecule has 1 saturated heterocycles. The van der Waals surface area contributed by atoms with Crippen molar-refractivity contribution in [2.75, 3.05) is 0 Å². The Morgan fingerprint density at radius 2 is 1.54 bits per heavy atom. The summed E-state index contributed by atoms with van der Waals surface area (Å²) in [5, 5.41) is 22.7. The molecule has 2 heterocycles. The fourth-order valence-electron chi connectivity index (χ4n) is 4.21. The first-order chi connectivity index (χ1) is 17.8. The molecule has 1 fully saturated rings. The van der Waals surface area contributed by atoms with E-state index >= 15 is 0 Å². The Balaban J connectivity index is 1.44. The highest BCUT2D eigenvalue weighted by molar-refractivity contribution is 8.18. The fraction of sp³-hybridized carbons (Fsp3) is 0.0769. The molecular formula is C26H18N4O6S. The van der Waals surface area contributed by atoms with E-state index in [4.69, 9.17) is 0 Å². The van der Waals surface area contributed by atoms with Crippen LogP contribution in [-0.4, -0.2) is 30.5 Å². The number of para-hydroxylation sites is 2. The second-order valence-electron chi connectivity index (χ2n) is 8.31. The average Bonchev–Trinajstić information content (AvgIpc) is 3.36. The Labute approximate surface area is 214 Å². The number of hydrogen-bond donors (Lipinski definition) is 0. The van der Waals surface area contributed by atoms with Gasteiger partial charge in [-0.15, -0.1) is 0 Å². The molecule has 37 heavy (non-hydrogen) atoms. The lowest BCUT2D eigenvalue weighted by Gasteiger charge is -2.12. The van der Waals surface area contributed by atoms with Crippen LogP contribution in [0.25, 0.3) is 17.0 Å². The van der Waals surface area contributed by atoms with Gasteiger partial charge in [-0.25, -0.2) is 0 Å².